The van der Waals surface area contributed by atoms with E-state index in [0.29, 0.717) is 18.5 Å². The van der Waals surface area contributed by atoms with E-state index in [9.17, 15) is 13.2 Å². The van der Waals surface area contributed by atoms with Gasteiger partial charge in [0, 0.05) is 25.3 Å². The molecule has 0 bridgehead atoms. The van der Waals surface area contributed by atoms with Gasteiger partial charge in [-0.15, -0.1) is 0 Å². The third-order valence-electron chi connectivity index (χ3n) is 5.93. The van der Waals surface area contributed by atoms with E-state index >= 15 is 0 Å². The molecule has 2 nitrogen and oxygen atoms in total. The summed E-state index contributed by atoms with van der Waals surface area (Å²) in [5.74, 6) is 0.550. The highest BCUT2D eigenvalue weighted by atomic mass is 19.4. The van der Waals surface area contributed by atoms with Crippen LogP contribution < -0.4 is 5.32 Å². The van der Waals surface area contributed by atoms with E-state index in [1.807, 2.05) is 0 Å². The molecule has 0 aromatic heterocycles. The zero-order chi connectivity index (χ0) is 18.1. The molecule has 3 atom stereocenters. The lowest BCUT2D eigenvalue weighted by atomic mass is 9.80. The molecule has 0 radical (unpaired) electrons. The topological polar surface area (TPSA) is 15.3 Å². The summed E-state index contributed by atoms with van der Waals surface area (Å²) in [6, 6.07) is 0.329. The van der Waals surface area contributed by atoms with E-state index < -0.39 is 11.7 Å². The molecule has 5 heteroatoms. The average Bonchev–Trinajstić information content (AvgIpc) is 3.05. The van der Waals surface area contributed by atoms with Crippen LogP contribution in [0.4, 0.5) is 13.2 Å². The van der Waals surface area contributed by atoms with Crippen molar-refractivity contribution in [3.8, 4) is 0 Å². The number of dihydropyridines is 1. The molecule has 4 rings (SSSR count). The summed E-state index contributed by atoms with van der Waals surface area (Å²) in [7, 11) is 0. The quantitative estimate of drug-likeness (QED) is 0.736. The fraction of sp³-hybridized carbons (Fsp3) is 0.524. The van der Waals surface area contributed by atoms with Gasteiger partial charge in [0.1, 0.15) is 0 Å². The van der Waals surface area contributed by atoms with Gasteiger partial charge in [0.05, 0.1) is 11.6 Å². The van der Waals surface area contributed by atoms with Crippen molar-refractivity contribution in [2.45, 2.75) is 50.4 Å². The summed E-state index contributed by atoms with van der Waals surface area (Å²) in [5.41, 5.74) is 1.74. The molecule has 0 spiro atoms. The monoisotopic (exact) mass is 362 g/mol. The van der Waals surface area contributed by atoms with Crippen molar-refractivity contribution in [1.82, 2.24) is 10.2 Å². The van der Waals surface area contributed by atoms with Crippen molar-refractivity contribution < 1.29 is 13.2 Å². The van der Waals surface area contributed by atoms with Crippen molar-refractivity contribution in [3.05, 3.63) is 59.4 Å². The van der Waals surface area contributed by atoms with Crippen LogP contribution in [-0.4, -0.2) is 36.2 Å². The van der Waals surface area contributed by atoms with Gasteiger partial charge >= 0.3 is 6.18 Å². The smallest absolute Gasteiger partial charge is 0.383 e. The molecule has 140 valence electrons. The molecule has 0 aromatic carbocycles. The number of likely N-dealkylation sites (tertiary alicyclic amines) is 1. The molecule has 2 unspecified atom stereocenters. The maximum Gasteiger partial charge on any atom is 0.417 e. The summed E-state index contributed by atoms with van der Waals surface area (Å²) in [5, 5.41) is 2.99. The summed E-state index contributed by atoms with van der Waals surface area (Å²) < 4.78 is 39.1. The van der Waals surface area contributed by atoms with Gasteiger partial charge in [0.25, 0.3) is 0 Å². The lowest BCUT2D eigenvalue weighted by Gasteiger charge is -2.37. The Morgan fingerprint density at radius 2 is 2.04 bits per heavy atom. The minimum absolute atomic E-state index is 0.00228. The van der Waals surface area contributed by atoms with Crippen LogP contribution in [0.1, 0.15) is 32.1 Å². The maximum atomic E-state index is 13.0. The van der Waals surface area contributed by atoms with Crippen molar-refractivity contribution in [2.75, 3.05) is 13.1 Å². The van der Waals surface area contributed by atoms with Crippen LogP contribution >= 0.6 is 0 Å². The Morgan fingerprint density at radius 3 is 2.73 bits per heavy atom. The van der Waals surface area contributed by atoms with Crippen LogP contribution in [0.15, 0.2) is 59.4 Å². The second kappa shape index (κ2) is 7.10. The number of halogens is 3. The zero-order valence-electron chi connectivity index (χ0n) is 14.8. The Hall–Kier alpha value is -1.75. The SMILES string of the molecule is FC(F)(F)C1=CNC2CN(C(C3=CC=CCC3)[C@@H]3CC=CCC3)CC2=C1. The van der Waals surface area contributed by atoms with E-state index in [0.717, 1.165) is 50.4 Å². The van der Waals surface area contributed by atoms with Gasteiger partial charge in [0.15, 0.2) is 0 Å². The summed E-state index contributed by atoms with van der Waals surface area (Å²) in [6.07, 6.45) is 14.7. The number of fused-ring (bicyclic) bond motifs is 1. The molecule has 0 amide bonds. The van der Waals surface area contributed by atoms with E-state index in [1.165, 1.54) is 11.6 Å². The van der Waals surface area contributed by atoms with Crippen molar-refractivity contribution in [2.24, 2.45) is 5.92 Å². The summed E-state index contributed by atoms with van der Waals surface area (Å²) in [6.45, 7) is 1.40. The van der Waals surface area contributed by atoms with Gasteiger partial charge in [0.2, 0.25) is 0 Å². The van der Waals surface area contributed by atoms with Crippen molar-refractivity contribution in [1.29, 1.82) is 0 Å². The number of rotatable bonds is 3. The molecule has 26 heavy (non-hydrogen) atoms. The minimum Gasteiger partial charge on any atom is -0.383 e. The van der Waals surface area contributed by atoms with E-state index in [-0.39, 0.29) is 6.04 Å². The Bertz CT molecular complexity index is 697. The molecular formula is C21H25F3N2. The Labute approximate surface area is 152 Å². The number of alkyl halides is 3. The summed E-state index contributed by atoms with van der Waals surface area (Å²) in [4.78, 5) is 2.41. The fourth-order valence-corrected chi connectivity index (χ4v) is 4.68. The molecule has 1 fully saturated rings. The first-order chi connectivity index (χ1) is 12.5. The fourth-order valence-electron chi connectivity index (χ4n) is 4.68. The van der Waals surface area contributed by atoms with Crippen LogP contribution in [0.3, 0.4) is 0 Å². The van der Waals surface area contributed by atoms with Crippen LogP contribution in [0, 0.1) is 5.92 Å². The van der Waals surface area contributed by atoms with E-state index in [4.69, 9.17) is 0 Å². The molecule has 4 aliphatic rings. The summed E-state index contributed by atoms with van der Waals surface area (Å²) >= 11 is 0. The first kappa shape index (κ1) is 17.7. The number of nitrogens with zero attached hydrogens (tertiary/aromatic N) is 1. The first-order valence-corrected chi connectivity index (χ1v) is 9.51. The van der Waals surface area contributed by atoms with E-state index in [2.05, 4.69) is 40.6 Å². The highest BCUT2D eigenvalue weighted by Crippen LogP contribution is 2.37. The van der Waals surface area contributed by atoms with Crippen molar-refractivity contribution >= 4 is 0 Å². The molecular weight excluding hydrogens is 337 g/mol. The second-order valence-electron chi connectivity index (χ2n) is 7.66. The average molecular weight is 362 g/mol. The molecule has 2 aliphatic carbocycles. The third-order valence-corrected chi connectivity index (χ3v) is 5.93. The maximum absolute atomic E-state index is 13.0. The molecule has 1 N–H and O–H groups in total. The molecule has 2 heterocycles. The van der Waals surface area contributed by atoms with Gasteiger partial charge in [-0.2, -0.15) is 13.2 Å². The first-order valence-electron chi connectivity index (χ1n) is 9.51. The highest BCUT2D eigenvalue weighted by molar-refractivity contribution is 5.38. The van der Waals surface area contributed by atoms with Gasteiger partial charge in [-0.3, -0.25) is 4.90 Å². The Kier molecular flexibility index (Phi) is 4.82. The Balaban J connectivity index is 1.57. The van der Waals surface area contributed by atoms with Crippen LogP contribution in [0.25, 0.3) is 0 Å². The van der Waals surface area contributed by atoms with Crippen LogP contribution in [-0.2, 0) is 0 Å². The standard InChI is InChI=1S/C21H25F3N2/c22-21(23,24)18-11-17-13-26(14-19(17)25-12-18)20(15-7-3-1-4-8-15)16-9-5-2-6-10-16/h1-3,5,7,11-12,16,19-20,25H,4,6,8-10,13-14H2/t16-,19?,20?/m1/s1. The minimum atomic E-state index is -4.29. The largest absolute Gasteiger partial charge is 0.417 e. The lowest BCUT2D eigenvalue weighted by Crippen LogP contribution is -2.43. The number of hydrogen-bond donors (Lipinski definition) is 1. The van der Waals surface area contributed by atoms with Gasteiger partial charge < -0.3 is 5.32 Å². The second-order valence-corrected chi connectivity index (χ2v) is 7.66. The number of allylic oxidation sites excluding steroid dienone is 7. The van der Waals surface area contributed by atoms with E-state index in [1.54, 1.807) is 0 Å². The van der Waals surface area contributed by atoms with Gasteiger partial charge in [-0.05, 0) is 49.7 Å². The van der Waals surface area contributed by atoms with Crippen LogP contribution in [0.5, 0.6) is 0 Å². The number of nitrogens with one attached hydrogen (secondary N) is 1. The molecule has 0 saturated carbocycles. The Morgan fingerprint density at radius 1 is 1.15 bits per heavy atom. The molecule has 1 saturated heterocycles. The normalized spacial score (nSPS) is 30.2. The zero-order valence-corrected chi connectivity index (χ0v) is 14.8. The highest BCUT2D eigenvalue weighted by Gasteiger charge is 2.41. The molecule has 0 aromatic rings. The molecule has 2 aliphatic heterocycles. The van der Waals surface area contributed by atoms with Gasteiger partial charge in [-0.25, -0.2) is 0 Å². The lowest BCUT2D eigenvalue weighted by molar-refractivity contribution is -0.0889. The predicted molar refractivity (Wildman–Crippen MR) is 97.4 cm³/mol. The number of hydrogen-bond acceptors (Lipinski definition) is 2. The predicted octanol–water partition coefficient (Wildman–Crippen LogP) is 4.65. The van der Waals surface area contributed by atoms with Crippen molar-refractivity contribution in [3.63, 3.8) is 0 Å². The van der Waals surface area contributed by atoms with Crippen LogP contribution in [0.2, 0.25) is 0 Å². The van der Waals surface area contributed by atoms with Gasteiger partial charge in [-0.1, -0.05) is 36.0 Å². The third kappa shape index (κ3) is 3.54.